The van der Waals surface area contributed by atoms with Crippen LogP contribution < -0.4 is 5.32 Å². The molecule has 0 bridgehead atoms. The van der Waals surface area contributed by atoms with Crippen molar-refractivity contribution >= 4 is 6.03 Å². The standard InChI is InChI=1S/C15H19N3O3/c1-20-11-14-10-18(5-6-21-14)15(19)17-9-13-4-2-3-12(7-13)8-16/h2-4,7,14H,5-6,9-11H2,1H3,(H,17,19)/t14-/m0/s1. The summed E-state index contributed by atoms with van der Waals surface area (Å²) >= 11 is 0. The first-order valence-corrected chi connectivity index (χ1v) is 6.85. The molecule has 6 nitrogen and oxygen atoms in total. The first kappa shape index (κ1) is 15.3. The predicted octanol–water partition coefficient (Wildman–Crippen LogP) is 1.12. The summed E-state index contributed by atoms with van der Waals surface area (Å²) in [5, 5.41) is 11.7. The van der Waals surface area contributed by atoms with E-state index in [-0.39, 0.29) is 12.1 Å². The number of morpholine rings is 1. The van der Waals surface area contributed by atoms with E-state index < -0.39 is 0 Å². The maximum atomic E-state index is 12.1. The Balaban J connectivity index is 1.85. The SMILES string of the molecule is COC[C@@H]1CN(C(=O)NCc2cccc(C#N)c2)CCO1. The van der Waals surface area contributed by atoms with Crippen molar-refractivity contribution in [1.82, 2.24) is 10.2 Å². The molecule has 0 aromatic heterocycles. The Labute approximate surface area is 124 Å². The van der Waals surface area contributed by atoms with Crippen molar-refractivity contribution in [2.45, 2.75) is 12.6 Å². The molecular formula is C15H19N3O3. The Bertz CT molecular complexity index is 525. The van der Waals surface area contributed by atoms with E-state index in [9.17, 15) is 4.79 Å². The molecule has 1 aromatic rings. The molecular weight excluding hydrogens is 270 g/mol. The lowest BCUT2D eigenvalue weighted by Gasteiger charge is -2.32. The molecule has 0 unspecified atom stereocenters. The van der Waals surface area contributed by atoms with Gasteiger partial charge in [0.15, 0.2) is 0 Å². The van der Waals surface area contributed by atoms with Crippen LogP contribution in [0.15, 0.2) is 24.3 Å². The summed E-state index contributed by atoms with van der Waals surface area (Å²) in [5.41, 5.74) is 1.50. The lowest BCUT2D eigenvalue weighted by molar-refractivity contribution is -0.0494. The minimum atomic E-state index is -0.123. The molecule has 1 N–H and O–H groups in total. The fourth-order valence-electron chi connectivity index (χ4n) is 2.23. The van der Waals surface area contributed by atoms with Crippen LogP contribution in [0.5, 0.6) is 0 Å². The Hall–Kier alpha value is -2.10. The van der Waals surface area contributed by atoms with Gasteiger partial charge in [-0.1, -0.05) is 12.1 Å². The van der Waals surface area contributed by atoms with Crippen LogP contribution >= 0.6 is 0 Å². The van der Waals surface area contributed by atoms with Crippen LogP contribution in [-0.4, -0.2) is 50.4 Å². The third-order valence-electron chi connectivity index (χ3n) is 3.28. The van der Waals surface area contributed by atoms with Gasteiger partial charge in [-0.15, -0.1) is 0 Å². The smallest absolute Gasteiger partial charge is 0.317 e. The number of hydrogen-bond acceptors (Lipinski definition) is 4. The first-order valence-electron chi connectivity index (χ1n) is 6.85. The van der Waals surface area contributed by atoms with Gasteiger partial charge in [-0.3, -0.25) is 0 Å². The molecule has 1 saturated heterocycles. The Morgan fingerprint density at radius 1 is 1.62 bits per heavy atom. The average Bonchev–Trinajstić information content (AvgIpc) is 2.53. The second kappa shape index (κ2) is 7.62. The summed E-state index contributed by atoms with van der Waals surface area (Å²) in [6, 6.07) is 9.16. The lowest BCUT2D eigenvalue weighted by atomic mass is 10.1. The van der Waals surface area contributed by atoms with E-state index in [2.05, 4.69) is 11.4 Å². The number of amides is 2. The molecule has 0 radical (unpaired) electrons. The first-order chi connectivity index (χ1) is 10.2. The molecule has 2 rings (SSSR count). The van der Waals surface area contributed by atoms with E-state index in [4.69, 9.17) is 14.7 Å². The summed E-state index contributed by atoms with van der Waals surface area (Å²) in [7, 11) is 1.62. The number of urea groups is 1. The second-order valence-electron chi connectivity index (χ2n) is 4.87. The van der Waals surface area contributed by atoms with Gasteiger partial charge in [-0.05, 0) is 17.7 Å². The molecule has 1 heterocycles. The van der Waals surface area contributed by atoms with Gasteiger partial charge in [0.25, 0.3) is 0 Å². The van der Waals surface area contributed by atoms with E-state index in [1.54, 1.807) is 24.1 Å². The van der Waals surface area contributed by atoms with E-state index in [0.29, 0.717) is 38.4 Å². The largest absolute Gasteiger partial charge is 0.382 e. The summed E-state index contributed by atoms with van der Waals surface area (Å²) in [5.74, 6) is 0. The number of rotatable bonds is 4. The van der Waals surface area contributed by atoms with Gasteiger partial charge in [0.05, 0.1) is 37.5 Å². The van der Waals surface area contributed by atoms with Crippen molar-refractivity contribution in [3.8, 4) is 6.07 Å². The van der Waals surface area contributed by atoms with Crippen LogP contribution in [0.3, 0.4) is 0 Å². The Morgan fingerprint density at radius 3 is 3.24 bits per heavy atom. The number of nitrogens with one attached hydrogen (secondary N) is 1. The van der Waals surface area contributed by atoms with E-state index in [1.807, 2.05) is 12.1 Å². The summed E-state index contributed by atoms with van der Waals surface area (Å²) in [6.07, 6.45) is -0.0728. The summed E-state index contributed by atoms with van der Waals surface area (Å²) < 4.78 is 10.6. The Morgan fingerprint density at radius 2 is 2.48 bits per heavy atom. The maximum Gasteiger partial charge on any atom is 0.317 e. The van der Waals surface area contributed by atoms with Gasteiger partial charge >= 0.3 is 6.03 Å². The molecule has 0 saturated carbocycles. The number of methoxy groups -OCH3 is 1. The van der Waals surface area contributed by atoms with Crippen LogP contribution in [0.25, 0.3) is 0 Å². The molecule has 1 aromatic carbocycles. The van der Waals surface area contributed by atoms with Gasteiger partial charge in [-0.25, -0.2) is 4.79 Å². The molecule has 2 amide bonds. The third-order valence-corrected chi connectivity index (χ3v) is 3.28. The third kappa shape index (κ3) is 4.45. The second-order valence-corrected chi connectivity index (χ2v) is 4.87. The molecule has 112 valence electrons. The topological polar surface area (TPSA) is 74.6 Å². The van der Waals surface area contributed by atoms with Crippen LogP contribution in [0.4, 0.5) is 4.79 Å². The van der Waals surface area contributed by atoms with Crippen LogP contribution in [0.2, 0.25) is 0 Å². The van der Waals surface area contributed by atoms with E-state index >= 15 is 0 Å². The van der Waals surface area contributed by atoms with E-state index in [0.717, 1.165) is 5.56 Å². The average molecular weight is 289 g/mol. The monoisotopic (exact) mass is 289 g/mol. The van der Waals surface area contributed by atoms with Crippen molar-refractivity contribution in [3.05, 3.63) is 35.4 Å². The highest BCUT2D eigenvalue weighted by atomic mass is 16.5. The highest BCUT2D eigenvalue weighted by Crippen LogP contribution is 2.07. The van der Waals surface area contributed by atoms with E-state index in [1.165, 1.54) is 0 Å². The zero-order valence-corrected chi connectivity index (χ0v) is 12.0. The van der Waals surface area contributed by atoms with Gasteiger partial charge < -0.3 is 19.7 Å². The fourth-order valence-corrected chi connectivity index (χ4v) is 2.23. The number of carbonyl (C=O) groups excluding carboxylic acids is 1. The van der Waals surface area contributed by atoms with Crippen molar-refractivity contribution in [2.24, 2.45) is 0 Å². The lowest BCUT2D eigenvalue weighted by Crippen LogP contribution is -2.50. The van der Waals surface area contributed by atoms with Gasteiger partial charge in [-0.2, -0.15) is 5.26 Å². The fraction of sp³-hybridized carbons (Fsp3) is 0.467. The number of nitriles is 1. The molecule has 1 aliphatic rings. The van der Waals surface area contributed by atoms with Crippen molar-refractivity contribution < 1.29 is 14.3 Å². The normalized spacial score (nSPS) is 18.1. The van der Waals surface area contributed by atoms with Crippen molar-refractivity contribution in [1.29, 1.82) is 5.26 Å². The number of nitrogens with zero attached hydrogens (tertiary/aromatic N) is 2. The molecule has 0 aliphatic carbocycles. The van der Waals surface area contributed by atoms with Gasteiger partial charge in [0, 0.05) is 20.2 Å². The quantitative estimate of drug-likeness (QED) is 0.901. The van der Waals surface area contributed by atoms with Crippen molar-refractivity contribution in [3.63, 3.8) is 0 Å². The zero-order valence-electron chi connectivity index (χ0n) is 12.0. The van der Waals surface area contributed by atoms with Crippen LogP contribution in [-0.2, 0) is 16.0 Å². The molecule has 1 aliphatic heterocycles. The van der Waals surface area contributed by atoms with Gasteiger partial charge in [0.1, 0.15) is 0 Å². The molecule has 6 heteroatoms. The molecule has 21 heavy (non-hydrogen) atoms. The minimum Gasteiger partial charge on any atom is -0.382 e. The summed E-state index contributed by atoms with van der Waals surface area (Å²) in [6.45, 7) is 2.50. The number of benzene rings is 1. The molecule has 1 fully saturated rings. The Kier molecular flexibility index (Phi) is 5.55. The maximum absolute atomic E-state index is 12.1. The predicted molar refractivity (Wildman–Crippen MR) is 76.6 cm³/mol. The number of ether oxygens (including phenoxy) is 2. The molecule has 0 spiro atoms. The molecule has 1 atom stereocenters. The van der Waals surface area contributed by atoms with Gasteiger partial charge in [0.2, 0.25) is 0 Å². The van der Waals surface area contributed by atoms with Crippen molar-refractivity contribution in [2.75, 3.05) is 33.4 Å². The zero-order chi connectivity index (χ0) is 15.1. The highest BCUT2D eigenvalue weighted by molar-refractivity contribution is 5.74. The highest BCUT2D eigenvalue weighted by Gasteiger charge is 2.23. The number of carbonyl (C=O) groups is 1. The van der Waals surface area contributed by atoms with Crippen LogP contribution in [0, 0.1) is 11.3 Å². The summed E-state index contributed by atoms with van der Waals surface area (Å²) in [4.78, 5) is 13.9. The van der Waals surface area contributed by atoms with Crippen LogP contribution in [0.1, 0.15) is 11.1 Å². The number of hydrogen-bond donors (Lipinski definition) is 1. The minimum absolute atomic E-state index is 0.0728.